The Bertz CT molecular complexity index is 832. The molecule has 0 saturated carbocycles. The average Bonchev–Trinajstić information content (AvgIpc) is 2.59. The van der Waals surface area contributed by atoms with E-state index >= 15 is 0 Å². The number of hydrazine groups is 1. The minimum absolute atomic E-state index is 0.0917. The second-order valence-corrected chi connectivity index (χ2v) is 8.56. The van der Waals surface area contributed by atoms with E-state index in [-0.39, 0.29) is 17.2 Å². The van der Waals surface area contributed by atoms with Crippen molar-refractivity contribution in [3.8, 4) is 5.75 Å². The number of alkyl halides is 3. The maximum absolute atomic E-state index is 13.4. The van der Waals surface area contributed by atoms with Gasteiger partial charge in [-0.15, -0.1) is 13.2 Å². The molecule has 0 radical (unpaired) electrons. The lowest BCUT2D eigenvalue weighted by molar-refractivity contribution is -0.274. The first kappa shape index (κ1) is 19.6. The zero-order chi connectivity index (χ0) is 20.1. The predicted molar refractivity (Wildman–Crippen MR) is 97.6 cm³/mol. The van der Waals surface area contributed by atoms with Gasteiger partial charge in [0.2, 0.25) is 0 Å². The van der Waals surface area contributed by atoms with Gasteiger partial charge in [-0.3, -0.25) is 9.80 Å². The van der Waals surface area contributed by atoms with E-state index in [0.717, 1.165) is 30.4 Å². The summed E-state index contributed by atoms with van der Waals surface area (Å²) in [4.78, 5) is 14.6. The van der Waals surface area contributed by atoms with Crippen molar-refractivity contribution >= 4 is 17.7 Å². The van der Waals surface area contributed by atoms with Gasteiger partial charge in [-0.1, -0.05) is 17.8 Å². The number of rotatable bonds is 2. The minimum atomic E-state index is -4.74. The molecule has 1 aromatic carbocycles. The van der Waals surface area contributed by atoms with Crippen molar-refractivity contribution in [2.24, 2.45) is 0 Å². The molecule has 0 N–H and O–H groups in total. The van der Waals surface area contributed by atoms with E-state index in [4.69, 9.17) is 4.74 Å². The Balaban J connectivity index is 1.67. The van der Waals surface area contributed by atoms with Crippen molar-refractivity contribution in [3.05, 3.63) is 34.2 Å². The molecule has 1 fully saturated rings. The molecule has 1 spiro atoms. The molecule has 0 unspecified atom stereocenters. The van der Waals surface area contributed by atoms with Crippen LogP contribution in [0.2, 0.25) is 0 Å². The number of carbonyl (C=O) groups excluding carboxylic acids is 1. The van der Waals surface area contributed by atoms with E-state index in [2.05, 4.69) is 4.74 Å². The lowest BCUT2D eigenvalue weighted by atomic mass is 9.78. The number of hydrogen-bond acceptors (Lipinski definition) is 5. The van der Waals surface area contributed by atoms with Crippen LogP contribution in [0.5, 0.6) is 5.75 Å². The summed E-state index contributed by atoms with van der Waals surface area (Å²) in [6, 6.07) is 4.36. The highest BCUT2D eigenvalue weighted by atomic mass is 32.2. The summed E-state index contributed by atoms with van der Waals surface area (Å²) in [5.74, 6) is -0.359. The molecule has 4 rings (SSSR count). The summed E-state index contributed by atoms with van der Waals surface area (Å²) in [6.07, 6.45) is -1.88. The maximum Gasteiger partial charge on any atom is 0.573 e. The van der Waals surface area contributed by atoms with E-state index in [9.17, 15) is 18.0 Å². The van der Waals surface area contributed by atoms with Crippen molar-refractivity contribution in [1.82, 2.24) is 10.0 Å². The van der Waals surface area contributed by atoms with Gasteiger partial charge in [0.05, 0.1) is 10.4 Å². The Morgan fingerprint density at radius 1 is 1.25 bits per heavy atom. The van der Waals surface area contributed by atoms with Gasteiger partial charge in [-0.2, -0.15) is 0 Å². The second-order valence-electron chi connectivity index (χ2n) is 7.51. The SMILES string of the molecule is CN(C)N1C(=O)C2=C(Cc3ccc(OC(F)(F)F)cc3S2)CC12CCOCC2. The van der Waals surface area contributed by atoms with Gasteiger partial charge in [0.25, 0.3) is 5.91 Å². The van der Waals surface area contributed by atoms with Crippen LogP contribution < -0.4 is 4.74 Å². The topological polar surface area (TPSA) is 42.0 Å². The number of halogens is 3. The first-order valence-electron chi connectivity index (χ1n) is 9.07. The third-order valence-electron chi connectivity index (χ3n) is 5.41. The molecule has 9 heteroatoms. The van der Waals surface area contributed by atoms with E-state index in [1.807, 2.05) is 24.1 Å². The first-order valence-corrected chi connectivity index (χ1v) is 9.88. The van der Waals surface area contributed by atoms with E-state index in [1.165, 1.54) is 23.9 Å². The zero-order valence-electron chi connectivity index (χ0n) is 15.6. The molecule has 0 bridgehead atoms. The summed E-state index contributed by atoms with van der Waals surface area (Å²) in [6.45, 7) is 1.23. The monoisotopic (exact) mass is 414 g/mol. The van der Waals surface area contributed by atoms with Gasteiger partial charge in [0, 0.05) is 32.2 Å². The quantitative estimate of drug-likeness (QED) is 0.738. The van der Waals surface area contributed by atoms with Gasteiger partial charge in [0.15, 0.2) is 0 Å². The molecule has 5 nitrogen and oxygen atoms in total. The fraction of sp³-hybridized carbons (Fsp3) is 0.526. The highest BCUT2D eigenvalue weighted by Crippen LogP contribution is 2.49. The largest absolute Gasteiger partial charge is 0.573 e. The van der Waals surface area contributed by atoms with Gasteiger partial charge in [0.1, 0.15) is 5.75 Å². The second kappa shape index (κ2) is 6.96. The van der Waals surface area contributed by atoms with Crippen LogP contribution in [0.4, 0.5) is 13.2 Å². The molecule has 1 amide bonds. The third kappa shape index (κ3) is 3.51. The lowest BCUT2D eigenvalue weighted by Gasteiger charge is -2.52. The first-order chi connectivity index (χ1) is 13.2. The summed E-state index contributed by atoms with van der Waals surface area (Å²) in [5, 5.41) is 3.62. The smallest absolute Gasteiger partial charge is 0.406 e. The summed E-state index contributed by atoms with van der Waals surface area (Å²) in [5.41, 5.74) is 1.69. The number of amides is 1. The number of benzene rings is 1. The number of ether oxygens (including phenoxy) is 2. The standard InChI is InChI=1S/C19H21F3N2O3S/c1-23(2)24-17(25)16-13(11-18(24)5-7-26-8-6-18)9-12-3-4-14(10-15(12)28-16)27-19(20,21)22/h3-4,10H,5-9,11H2,1-2H3. The van der Waals surface area contributed by atoms with Crippen LogP contribution in [0.25, 0.3) is 0 Å². The number of fused-ring (bicyclic) bond motifs is 1. The van der Waals surface area contributed by atoms with Crippen molar-refractivity contribution < 1.29 is 27.4 Å². The van der Waals surface area contributed by atoms with Gasteiger partial charge < -0.3 is 9.47 Å². The normalized spacial score (nSPS) is 21.8. The number of nitrogens with zero attached hydrogens (tertiary/aromatic N) is 2. The number of carbonyl (C=O) groups is 1. The summed E-state index contributed by atoms with van der Waals surface area (Å²) in [7, 11) is 3.69. The predicted octanol–water partition coefficient (Wildman–Crippen LogP) is 3.75. The zero-order valence-corrected chi connectivity index (χ0v) is 16.5. The highest BCUT2D eigenvalue weighted by Gasteiger charge is 2.49. The Hall–Kier alpha value is -1.71. The Labute approximate surface area is 165 Å². The molecule has 28 heavy (non-hydrogen) atoms. The fourth-order valence-corrected chi connectivity index (χ4v) is 5.46. The number of thioether (sulfide) groups is 1. The fourth-order valence-electron chi connectivity index (χ4n) is 4.33. The van der Waals surface area contributed by atoms with Gasteiger partial charge in [-0.25, -0.2) is 5.01 Å². The maximum atomic E-state index is 13.4. The van der Waals surface area contributed by atoms with E-state index in [1.54, 1.807) is 6.07 Å². The molecule has 0 aliphatic carbocycles. The van der Waals surface area contributed by atoms with Crippen LogP contribution in [0.3, 0.4) is 0 Å². The van der Waals surface area contributed by atoms with Crippen LogP contribution >= 0.6 is 11.8 Å². The molecule has 3 heterocycles. The Kier molecular flexibility index (Phi) is 4.87. The minimum Gasteiger partial charge on any atom is -0.406 e. The molecule has 3 aliphatic heterocycles. The summed E-state index contributed by atoms with van der Waals surface area (Å²) >= 11 is 1.24. The highest BCUT2D eigenvalue weighted by molar-refractivity contribution is 8.04. The molecule has 152 valence electrons. The van der Waals surface area contributed by atoms with Gasteiger partial charge in [-0.05, 0) is 49.0 Å². The van der Waals surface area contributed by atoms with Crippen molar-refractivity contribution in [3.63, 3.8) is 0 Å². The van der Waals surface area contributed by atoms with Crippen LogP contribution in [0, 0.1) is 0 Å². The van der Waals surface area contributed by atoms with Crippen LogP contribution in [-0.4, -0.2) is 55.1 Å². The van der Waals surface area contributed by atoms with Crippen molar-refractivity contribution in [2.45, 2.75) is 42.5 Å². The van der Waals surface area contributed by atoms with E-state index < -0.39 is 6.36 Å². The molecule has 1 saturated heterocycles. The molecule has 0 aromatic heterocycles. The van der Waals surface area contributed by atoms with Crippen molar-refractivity contribution in [1.29, 1.82) is 0 Å². The van der Waals surface area contributed by atoms with Crippen molar-refractivity contribution in [2.75, 3.05) is 27.3 Å². The molecule has 0 atom stereocenters. The average molecular weight is 414 g/mol. The van der Waals surface area contributed by atoms with Crippen LogP contribution in [-0.2, 0) is 16.0 Å². The van der Waals surface area contributed by atoms with Crippen LogP contribution in [0.15, 0.2) is 33.6 Å². The Morgan fingerprint density at radius 2 is 1.96 bits per heavy atom. The molecule has 1 aromatic rings. The molecular weight excluding hydrogens is 393 g/mol. The van der Waals surface area contributed by atoms with E-state index in [0.29, 0.717) is 29.4 Å². The van der Waals surface area contributed by atoms with Gasteiger partial charge >= 0.3 is 6.36 Å². The lowest BCUT2D eigenvalue weighted by Crippen LogP contribution is -2.62. The summed E-state index contributed by atoms with van der Waals surface area (Å²) < 4.78 is 47.2. The third-order valence-corrected chi connectivity index (χ3v) is 6.68. The molecule has 3 aliphatic rings. The Morgan fingerprint density at radius 3 is 2.61 bits per heavy atom. The van der Waals surface area contributed by atoms with Crippen LogP contribution in [0.1, 0.15) is 24.8 Å². The number of hydrogen-bond donors (Lipinski definition) is 0. The molecular formula is C19H21F3N2O3S.